The van der Waals surface area contributed by atoms with Crippen LogP contribution in [-0.4, -0.2) is 26.4 Å². The van der Waals surface area contributed by atoms with Crippen LogP contribution >= 0.6 is 22.7 Å². The van der Waals surface area contributed by atoms with E-state index in [2.05, 4.69) is 206 Å². The average Bonchev–Trinajstić information content (AvgIpc) is 4.24. The lowest BCUT2D eigenvalue weighted by Gasteiger charge is -2.19. The number of thiophene rings is 2. The smallest absolute Gasteiger partial charge is 0.184 e. The van der Waals surface area contributed by atoms with Crippen molar-refractivity contribution in [2.75, 3.05) is 26.4 Å². The molecule has 12 rings (SSSR count). The summed E-state index contributed by atoms with van der Waals surface area (Å²) in [7, 11) is 0. The van der Waals surface area contributed by atoms with Crippen molar-refractivity contribution in [2.45, 2.75) is 24.4 Å². The fraction of sp³-hybridized carbons (Fsp3) is 0.133. The topological polar surface area (TPSA) is 36.9 Å². The van der Waals surface area contributed by atoms with Crippen molar-refractivity contribution < 1.29 is 18.9 Å². The highest BCUT2D eigenvalue weighted by atomic mass is 32.1. The van der Waals surface area contributed by atoms with Gasteiger partial charge >= 0.3 is 0 Å². The van der Waals surface area contributed by atoms with E-state index in [1.807, 2.05) is 22.7 Å². The normalized spacial score (nSPS) is 15.5. The molecule has 8 aromatic carbocycles. The molecule has 10 aromatic rings. The molecule has 2 saturated heterocycles. The minimum absolute atomic E-state index is 0.0686. The maximum Gasteiger partial charge on any atom is 0.184 e. The van der Waals surface area contributed by atoms with Gasteiger partial charge in [0.25, 0.3) is 0 Å². The van der Waals surface area contributed by atoms with E-state index < -0.39 is 0 Å². The first kappa shape index (κ1) is 41.0. The predicted octanol–water partition coefficient (Wildman–Crippen LogP) is 15.6. The van der Waals surface area contributed by atoms with Crippen molar-refractivity contribution in [3.8, 4) is 33.4 Å². The molecule has 4 nitrogen and oxygen atoms in total. The zero-order chi connectivity index (χ0) is 43.8. The van der Waals surface area contributed by atoms with Gasteiger partial charge in [0.05, 0.1) is 26.4 Å². The molecule has 2 unspecified atom stereocenters. The Hall–Kier alpha value is -6.48. The lowest BCUT2D eigenvalue weighted by molar-refractivity contribution is -0.0443. The Balaban J connectivity index is 0.876. The molecule has 0 saturated carbocycles. The van der Waals surface area contributed by atoms with Crippen LogP contribution in [0, 0.1) is 0 Å². The lowest BCUT2D eigenvalue weighted by atomic mass is 9.88. The van der Waals surface area contributed by atoms with E-state index in [4.69, 9.17) is 18.9 Å². The van der Waals surface area contributed by atoms with E-state index in [9.17, 15) is 0 Å². The summed E-state index contributed by atoms with van der Waals surface area (Å²) in [6.07, 6.45) is -0.593. The van der Waals surface area contributed by atoms with Crippen molar-refractivity contribution in [3.63, 3.8) is 0 Å². The third-order valence-corrected chi connectivity index (χ3v) is 15.3. The van der Waals surface area contributed by atoms with E-state index in [0.717, 1.165) is 11.1 Å². The second-order valence-electron chi connectivity index (χ2n) is 17.1. The molecule has 0 amide bonds. The summed E-state index contributed by atoms with van der Waals surface area (Å²) in [5.74, 6) is 0.137. The fourth-order valence-corrected chi connectivity index (χ4v) is 12.1. The zero-order valence-corrected chi connectivity index (χ0v) is 37.9. The molecule has 2 aromatic heterocycles. The first-order valence-electron chi connectivity index (χ1n) is 22.7. The molecule has 4 heterocycles. The van der Waals surface area contributed by atoms with Crippen LogP contribution in [0.4, 0.5) is 0 Å². The summed E-state index contributed by atoms with van der Waals surface area (Å²) < 4.78 is 25.9. The van der Waals surface area contributed by atoms with E-state index in [0.29, 0.717) is 26.4 Å². The van der Waals surface area contributed by atoms with E-state index in [1.165, 1.54) is 85.6 Å². The molecule has 6 heteroatoms. The van der Waals surface area contributed by atoms with Gasteiger partial charge in [0, 0.05) is 42.1 Å². The molecule has 0 bridgehead atoms. The van der Waals surface area contributed by atoms with Crippen molar-refractivity contribution in [2.24, 2.45) is 0 Å². The van der Waals surface area contributed by atoms with Crippen LogP contribution in [0.15, 0.2) is 206 Å². The predicted molar refractivity (Wildman–Crippen MR) is 270 cm³/mol. The number of benzene rings is 8. The molecule has 0 radical (unpaired) electrons. The van der Waals surface area contributed by atoms with E-state index in [1.54, 1.807) is 0 Å². The van der Waals surface area contributed by atoms with Crippen LogP contribution in [0.3, 0.4) is 0 Å². The monoisotopic (exact) mass is 894 g/mol. The highest BCUT2D eigenvalue weighted by Gasteiger charge is 2.25. The van der Waals surface area contributed by atoms with Crippen molar-refractivity contribution in [3.05, 3.63) is 249 Å². The van der Waals surface area contributed by atoms with Gasteiger partial charge in [0.2, 0.25) is 0 Å². The summed E-state index contributed by atoms with van der Waals surface area (Å²) >= 11 is 3.77. The summed E-state index contributed by atoms with van der Waals surface area (Å²) in [4.78, 5) is 2.63. The zero-order valence-electron chi connectivity index (χ0n) is 36.2. The van der Waals surface area contributed by atoms with E-state index in [-0.39, 0.29) is 24.4 Å². The van der Waals surface area contributed by atoms with Crippen LogP contribution in [0.5, 0.6) is 0 Å². The minimum Gasteiger partial charge on any atom is -0.346 e. The second kappa shape index (κ2) is 18.1. The maximum atomic E-state index is 5.83. The van der Waals surface area contributed by atoms with Gasteiger partial charge in [-0.1, -0.05) is 182 Å². The Morgan fingerprint density at radius 1 is 0.318 bits per heavy atom. The number of rotatable bonds is 11. The van der Waals surface area contributed by atoms with Gasteiger partial charge in [-0.05, 0) is 90.7 Å². The third kappa shape index (κ3) is 8.22. The Bertz CT molecular complexity index is 3010. The second-order valence-corrected chi connectivity index (χ2v) is 19.4. The molecule has 2 atom stereocenters. The summed E-state index contributed by atoms with van der Waals surface area (Å²) in [6.45, 7) is 2.51. The molecule has 0 aliphatic carbocycles. The average molecular weight is 895 g/mol. The lowest BCUT2D eigenvalue weighted by Crippen LogP contribution is -2.03. The fourth-order valence-electron chi connectivity index (χ4n) is 9.58. The molecule has 66 heavy (non-hydrogen) atoms. The summed E-state index contributed by atoms with van der Waals surface area (Å²) in [5.41, 5.74) is 14.4. The number of hydrogen-bond donors (Lipinski definition) is 0. The molecule has 2 aliphatic heterocycles. The van der Waals surface area contributed by atoms with Crippen LogP contribution in [0.1, 0.15) is 67.6 Å². The third-order valence-electron chi connectivity index (χ3n) is 13.0. The number of ether oxygens (including phenoxy) is 4. The summed E-state index contributed by atoms with van der Waals surface area (Å²) in [5, 5.41) is 2.51. The van der Waals surface area contributed by atoms with Gasteiger partial charge < -0.3 is 18.9 Å². The Morgan fingerprint density at radius 2 is 0.636 bits per heavy atom. The molecule has 0 spiro atoms. The molecule has 322 valence electrons. The highest BCUT2D eigenvalue weighted by Crippen LogP contribution is 2.44. The van der Waals surface area contributed by atoms with Gasteiger partial charge in [-0.3, -0.25) is 0 Å². The Labute approximate surface area is 393 Å². The first-order valence-corrected chi connectivity index (χ1v) is 24.3. The minimum atomic E-state index is -0.297. The quantitative estimate of drug-likeness (QED) is 0.130. The van der Waals surface area contributed by atoms with Gasteiger partial charge in [0.15, 0.2) is 12.6 Å². The molecular formula is C60H46O4S2. The van der Waals surface area contributed by atoms with Gasteiger partial charge in [-0.15, -0.1) is 22.7 Å². The Morgan fingerprint density at radius 3 is 1.00 bits per heavy atom. The highest BCUT2D eigenvalue weighted by molar-refractivity contribution is 7.19. The van der Waals surface area contributed by atoms with E-state index >= 15 is 0 Å². The van der Waals surface area contributed by atoms with Crippen molar-refractivity contribution >= 4 is 42.8 Å². The molecule has 2 aliphatic rings. The van der Waals surface area contributed by atoms with Gasteiger partial charge in [0.1, 0.15) is 0 Å². The van der Waals surface area contributed by atoms with Crippen LogP contribution in [-0.2, 0) is 18.9 Å². The van der Waals surface area contributed by atoms with Crippen molar-refractivity contribution in [1.29, 1.82) is 0 Å². The maximum absolute atomic E-state index is 5.83. The molecular weight excluding hydrogens is 849 g/mol. The standard InChI is InChI=1S/C60H46O4S2/c1-3-7-39(8-4-1)41-11-15-43(16-12-41)57(45-19-23-47(24-20-45)59-61-31-32-62-59)55-37-51-29-27-49(35-53(51)65-55)50-28-30-52-38-56(66-54(52)36-50)58(46-21-25-48(26-22-46)60-63-33-34-64-60)44-17-13-42(14-18-44)40-9-5-2-6-10-40/h1-30,35-38,57-60H,31-34H2. The SMILES string of the molecule is c1ccc(-c2ccc(C(c3ccc(C4OCCO4)cc3)c3cc4ccc(-c5ccc6cc(C(c7ccc(-c8ccccc8)cc7)c7ccc(C8OCCO8)cc7)sc6c5)cc4s3)cc2)cc1. The van der Waals surface area contributed by atoms with Crippen molar-refractivity contribution in [1.82, 2.24) is 0 Å². The van der Waals surface area contributed by atoms with Crippen LogP contribution in [0.2, 0.25) is 0 Å². The largest absolute Gasteiger partial charge is 0.346 e. The molecule has 2 fully saturated rings. The van der Waals surface area contributed by atoms with Crippen LogP contribution < -0.4 is 0 Å². The van der Waals surface area contributed by atoms with Gasteiger partial charge in [-0.2, -0.15) is 0 Å². The number of fused-ring (bicyclic) bond motifs is 2. The summed E-state index contributed by atoms with van der Waals surface area (Å²) in [6, 6.07) is 75.7. The Kier molecular flexibility index (Phi) is 11.2. The number of hydrogen-bond acceptors (Lipinski definition) is 6. The molecule has 0 N–H and O–H groups in total. The first-order chi connectivity index (χ1) is 32.7. The van der Waals surface area contributed by atoms with Gasteiger partial charge in [-0.25, -0.2) is 0 Å². The van der Waals surface area contributed by atoms with Crippen LogP contribution in [0.25, 0.3) is 53.6 Å².